The molecule has 1 unspecified atom stereocenters. The molecule has 13 heavy (non-hydrogen) atoms. The standard InChI is InChI=1S/C11H22N2/c1-2-3-7-12-10-6-8-13(9-10)11-4-5-11/h10-12H,2-9H2,1H3. The SMILES string of the molecule is CCCCNC1CCN(C2CC2)C1. The van der Waals surface area contributed by atoms with E-state index in [4.69, 9.17) is 0 Å². The van der Waals surface area contributed by atoms with Crippen molar-refractivity contribution in [2.75, 3.05) is 19.6 Å². The van der Waals surface area contributed by atoms with E-state index in [1.54, 1.807) is 0 Å². The number of hydrogen-bond donors (Lipinski definition) is 1. The first-order valence-corrected chi connectivity index (χ1v) is 5.87. The average Bonchev–Trinajstić information content (AvgIpc) is 2.88. The minimum Gasteiger partial charge on any atom is -0.313 e. The van der Waals surface area contributed by atoms with E-state index in [1.165, 1.54) is 51.7 Å². The van der Waals surface area contributed by atoms with Gasteiger partial charge in [0.15, 0.2) is 0 Å². The van der Waals surface area contributed by atoms with E-state index in [2.05, 4.69) is 17.1 Å². The molecule has 1 saturated heterocycles. The molecule has 1 N–H and O–H groups in total. The van der Waals surface area contributed by atoms with Crippen molar-refractivity contribution in [1.82, 2.24) is 10.2 Å². The number of unbranched alkanes of at least 4 members (excludes halogenated alkanes) is 1. The maximum atomic E-state index is 3.65. The molecule has 0 bridgehead atoms. The van der Waals surface area contributed by atoms with Crippen LogP contribution in [-0.2, 0) is 0 Å². The molecule has 2 aliphatic rings. The molecule has 2 rings (SSSR count). The van der Waals surface area contributed by atoms with E-state index in [1.807, 2.05) is 0 Å². The summed E-state index contributed by atoms with van der Waals surface area (Å²) in [5.41, 5.74) is 0. The summed E-state index contributed by atoms with van der Waals surface area (Å²) in [6.45, 7) is 6.13. The summed E-state index contributed by atoms with van der Waals surface area (Å²) in [4.78, 5) is 2.67. The molecule has 2 heteroatoms. The number of rotatable bonds is 5. The van der Waals surface area contributed by atoms with Crippen LogP contribution in [0.4, 0.5) is 0 Å². The molecule has 2 fully saturated rings. The topological polar surface area (TPSA) is 15.3 Å². The predicted octanol–water partition coefficient (Wildman–Crippen LogP) is 1.61. The number of hydrogen-bond acceptors (Lipinski definition) is 2. The van der Waals surface area contributed by atoms with Crippen LogP contribution in [0.1, 0.15) is 39.0 Å². The molecule has 0 radical (unpaired) electrons. The van der Waals surface area contributed by atoms with Crippen LogP contribution >= 0.6 is 0 Å². The lowest BCUT2D eigenvalue weighted by Crippen LogP contribution is -2.33. The summed E-state index contributed by atoms with van der Waals surface area (Å²) < 4.78 is 0. The molecule has 76 valence electrons. The number of nitrogens with zero attached hydrogens (tertiary/aromatic N) is 1. The Labute approximate surface area is 81.7 Å². The Morgan fingerprint density at radius 2 is 2.15 bits per heavy atom. The first-order chi connectivity index (χ1) is 6.40. The molecule has 0 amide bonds. The van der Waals surface area contributed by atoms with Gasteiger partial charge in [-0.15, -0.1) is 0 Å². The molecule has 0 aromatic carbocycles. The Morgan fingerprint density at radius 3 is 2.85 bits per heavy atom. The Hall–Kier alpha value is -0.0800. The third kappa shape index (κ3) is 2.68. The van der Waals surface area contributed by atoms with Gasteiger partial charge in [-0.3, -0.25) is 4.90 Å². The van der Waals surface area contributed by atoms with E-state index in [-0.39, 0.29) is 0 Å². The molecular weight excluding hydrogens is 160 g/mol. The summed E-state index contributed by atoms with van der Waals surface area (Å²) >= 11 is 0. The van der Waals surface area contributed by atoms with Gasteiger partial charge >= 0.3 is 0 Å². The Morgan fingerprint density at radius 1 is 1.31 bits per heavy atom. The highest BCUT2D eigenvalue weighted by Gasteiger charge is 2.33. The first kappa shape index (κ1) is 9.47. The summed E-state index contributed by atoms with van der Waals surface area (Å²) in [7, 11) is 0. The predicted molar refractivity (Wildman–Crippen MR) is 55.9 cm³/mol. The van der Waals surface area contributed by atoms with Crippen LogP contribution < -0.4 is 5.32 Å². The van der Waals surface area contributed by atoms with E-state index in [9.17, 15) is 0 Å². The maximum Gasteiger partial charge on any atom is 0.0207 e. The lowest BCUT2D eigenvalue weighted by Gasteiger charge is -2.15. The highest BCUT2D eigenvalue weighted by atomic mass is 15.2. The van der Waals surface area contributed by atoms with E-state index in [0.717, 1.165) is 12.1 Å². The van der Waals surface area contributed by atoms with Crippen LogP contribution in [0.25, 0.3) is 0 Å². The van der Waals surface area contributed by atoms with Gasteiger partial charge in [-0.25, -0.2) is 0 Å². The molecule has 1 atom stereocenters. The van der Waals surface area contributed by atoms with Crippen molar-refractivity contribution in [3.8, 4) is 0 Å². The fourth-order valence-corrected chi connectivity index (χ4v) is 2.21. The average molecular weight is 182 g/mol. The third-order valence-electron chi connectivity index (χ3n) is 3.25. The van der Waals surface area contributed by atoms with Crippen molar-refractivity contribution < 1.29 is 0 Å². The fraction of sp³-hybridized carbons (Fsp3) is 1.00. The summed E-state index contributed by atoms with van der Waals surface area (Å²) in [6, 6.07) is 1.77. The Kier molecular flexibility index (Phi) is 3.23. The van der Waals surface area contributed by atoms with Crippen molar-refractivity contribution in [1.29, 1.82) is 0 Å². The smallest absolute Gasteiger partial charge is 0.0207 e. The zero-order valence-corrected chi connectivity index (χ0v) is 8.76. The normalized spacial score (nSPS) is 29.8. The van der Waals surface area contributed by atoms with Crippen LogP contribution in [0, 0.1) is 0 Å². The number of likely N-dealkylation sites (tertiary alicyclic amines) is 1. The van der Waals surface area contributed by atoms with Gasteiger partial charge in [0.25, 0.3) is 0 Å². The highest BCUT2D eigenvalue weighted by Crippen LogP contribution is 2.29. The van der Waals surface area contributed by atoms with Gasteiger partial charge < -0.3 is 5.32 Å². The second-order valence-corrected chi connectivity index (χ2v) is 4.52. The maximum absolute atomic E-state index is 3.65. The Bertz CT molecular complexity index is 154. The molecule has 0 aromatic rings. The zero-order chi connectivity index (χ0) is 9.10. The lowest BCUT2D eigenvalue weighted by molar-refractivity contribution is 0.317. The van der Waals surface area contributed by atoms with Crippen LogP contribution in [0.5, 0.6) is 0 Å². The minimum absolute atomic E-state index is 0.798. The fourth-order valence-electron chi connectivity index (χ4n) is 2.21. The van der Waals surface area contributed by atoms with Crippen LogP contribution in [0.3, 0.4) is 0 Å². The van der Waals surface area contributed by atoms with E-state index in [0.29, 0.717) is 0 Å². The van der Waals surface area contributed by atoms with Crippen molar-refractivity contribution in [2.24, 2.45) is 0 Å². The van der Waals surface area contributed by atoms with E-state index < -0.39 is 0 Å². The quantitative estimate of drug-likeness (QED) is 0.650. The van der Waals surface area contributed by atoms with Crippen molar-refractivity contribution in [2.45, 2.75) is 51.1 Å². The second kappa shape index (κ2) is 4.43. The minimum atomic E-state index is 0.798. The summed E-state index contributed by atoms with van der Waals surface area (Å²) in [5.74, 6) is 0. The first-order valence-electron chi connectivity index (χ1n) is 5.87. The summed E-state index contributed by atoms with van der Waals surface area (Å²) in [6.07, 6.45) is 6.94. The zero-order valence-electron chi connectivity index (χ0n) is 8.76. The van der Waals surface area contributed by atoms with Crippen LogP contribution in [0.15, 0.2) is 0 Å². The van der Waals surface area contributed by atoms with Gasteiger partial charge in [-0.05, 0) is 32.2 Å². The Balaban J connectivity index is 1.60. The molecule has 1 aliphatic heterocycles. The van der Waals surface area contributed by atoms with Crippen LogP contribution in [0.2, 0.25) is 0 Å². The van der Waals surface area contributed by atoms with Gasteiger partial charge in [0.05, 0.1) is 0 Å². The monoisotopic (exact) mass is 182 g/mol. The molecule has 0 spiro atoms. The van der Waals surface area contributed by atoms with Gasteiger partial charge in [-0.1, -0.05) is 13.3 Å². The van der Waals surface area contributed by atoms with Gasteiger partial charge in [0, 0.05) is 25.2 Å². The second-order valence-electron chi connectivity index (χ2n) is 4.52. The molecule has 1 aliphatic carbocycles. The molecule has 1 heterocycles. The van der Waals surface area contributed by atoms with Gasteiger partial charge in [-0.2, -0.15) is 0 Å². The molecule has 2 nitrogen and oxygen atoms in total. The largest absolute Gasteiger partial charge is 0.313 e. The van der Waals surface area contributed by atoms with Crippen molar-refractivity contribution in [3.63, 3.8) is 0 Å². The number of nitrogens with one attached hydrogen (secondary N) is 1. The van der Waals surface area contributed by atoms with Crippen molar-refractivity contribution in [3.05, 3.63) is 0 Å². The van der Waals surface area contributed by atoms with Crippen molar-refractivity contribution >= 4 is 0 Å². The highest BCUT2D eigenvalue weighted by molar-refractivity contribution is 4.91. The van der Waals surface area contributed by atoms with E-state index >= 15 is 0 Å². The molecule has 1 saturated carbocycles. The molecule has 0 aromatic heterocycles. The third-order valence-corrected chi connectivity index (χ3v) is 3.25. The molecular formula is C11H22N2. The lowest BCUT2D eigenvalue weighted by atomic mass is 10.2. The summed E-state index contributed by atoms with van der Waals surface area (Å²) in [5, 5.41) is 3.65. The van der Waals surface area contributed by atoms with Gasteiger partial charge in [0.1, 0.15) is 0 Å². The van der Waals surface area contributed by atoms with Gasteiger partial charge in [0.2, 0.25) is 0 Å². The van der Waals surface area contributed by atoms with Crippen LogP contribution in [-0.4, -0.2) is 36.6 Å².